The van der Waals surface area contributed by atoms with Crippen molar-refractivity contribution >= 4 is 0 Å². The number of ether oxygens (including phenoxy) is 2. The Hall–Kier alpha value is -1.92. The highest BCUT2D eigenvalue weighted by molar-refractivity contribution is 5.21. The molecule has 1 aromatic heterocycles. The third-order valence-corrected chi connectivity index (χ3v) is 3.87. The summed E-state index contributed by atoms with van der Waals surface area (Å²) >= 11 is 0. The number of rotatable bonds is 5. The molecule has 1 aliphatic rings. The molecule has 21 heavy (non-hydrogen) atoms. The lowest BCUT2D eigenvalue weighted by Gasteiger charge is -2.32. The van der Waals surface area contributed by atoms with Crippen molar-refractivity contribution in [3.63, 3.8) is 0 Å². The van der Waals surface area contributed by atoms with Crippen molar-refractivity contribution in [2.75, 3.05) is 19.8 Å². The normalized spacial score (nSPS) is 17.6. The summed E-state index contributed by atoms with van der Waals surface area (Å²) in [7, 11) is 0. The predicted octanol–water partition coefficient (Wildman–Crippen LogP) is 1.66. The minimum Gasteiger partial charge on any atom is -0.485 e. The number of aromatic nitrogens is 2. The molecule has 1 aliphatic heterocycles. The van der Waals surface area contributed by atoms with Crippen molar-refractivity contribution in [1.82, 2.24) is 10.1 Å². The second-order valence-corrected chi connectivity index (χ2v) is 5.21. The Morgan fingerprint density at radius 3 is 2.67 bits per heavy atom. The van der Waals surface area contributed by atoms with Crippen LogP contribution in [0.15, 0.2) is 34.9 Å². The van der Waals surface area contributed by atoms with Crippen molar-refractivity contribution in [3.8, 4) is 5.75 Å². The Morgan fingerprint density at radius 1 is 1.19 bits per heavy atom. The molecule has 0 aliphatic carbocycles. The molecule has 2 heterocycles. The van der Waals surface area contributed by atoms with Gasteiger partial charge in [-0.05, 0) is 25.0 Å². The van der Waals surface area contributed by atoms with Crippen LogP contribution in [0.5, 0.6) is 5.75 Å². The van der Waals surface area contributed by atoms with E-state index in [-0.39, 0.29) is 12.0 Å². The molecule has 112 valence electrons. The van der Waals surface area contributed by atoms with Gasteiger partial charge in [0.2, 0.25) is 11.7 Å². The largest absolute Gasteiger partial charge is 0.485 e. The van der Waals surface area contributed by atoms with Gasteiger partial charge >= 0.3 is 0 Å². The Morgan fingerprint density at radius 2 is 1.95 bits per heavy atom. The molecule has 0 spiro atoms. The van der Waals surface area contributed by atoms with Gasteiger partial charge in [-0.15, -0.1) is 0 Å². The molecule has 1 fully saturated rings. The Balaban J connectivity index is 1.68. The van der Waals surface area contributed by atoms with E-state index in [9.17, 15) is 0 Å². The van der Waals surface area contributed by atoms with E-state index in [0.717, 1.165) is 18.6 Å². The zero-order valence-electron chi connectivity index (χ0n) is 11.8. The molecule has 0 bridgehead atoms. The van der Waals surface area contributed by atoms with Gasteiger partial charge in [-0.3, -0.25) is 0 Å². The van der Waals surface area contributed by atoms with Crippen molar-refractivity contribution in [2.45, 2.75) is 24.9 Å². The van der Waals surface area contributed by atoms with E-state index >= 15 is 0 Å². The molecule has 1 aromatic carbocycles. The molecule has 6 heteroatoms. The van der Waals surface area contributed by atoms with Crippen LogP contribution in [-0.4, -0.2) is 29.9 Å². The average Bonchev–Trinajstić information content (AvgIpc) is 3.04. The highest BCUT2D eigenvalue weighted by Gasteiger charge is 2.38. The molecule has 6 nitrogen and oxygen atoms in total. The summed E-state index contributed by atoms with van der Waals surface area (Å²) in [5.74, 6) is 1.91. The number of nitrogens with two attached hydrogens (primary N) is 1. The van der Waals surface area contributed by atoms with Gasteiger partial charge < -0.3 is 19.7 Å². The second-order valence-electron chi connectivity index (χ2n) is 5.21. The van der Waals surface area contributed by atoms with Crippen LogP contribution >= 0.6 is 0 Å². The van der Waals surface area contributed by atoms with Gasteiger partial charge in [0, 0.05) is 19.8 Å². The van der Waals surface area contributed by atoms with Gasteiger partial charge in [0.15, 0.2) is 6.61 Å². The van der Waals surface area contributed by atoms with Crippen molar-refractivity contribution in [2.24, 2.45) is 5.73 Å². The predicted molar refractivity (Wildman–Crippen MR) is 75.9 cm³/mol. The first-order chi connectivity index (χ1) is 10.3. The third-order valence-electron chi connectivity index (χ3n) is 3.87. The monoisotopic (exact) mass is 289 g/mol. The highest BCUT2D eigenvalue weighted by Crippen LogP contribution is 2.32. The molecular formula is C15H19N3O3. The summed E-state index contributed by atoms with van der Waals surface area (Å²) in [6, 6.07) is 9.56. The molecular weight excluding hydrogens is 270 g/mol. The van der Waals surface area contributed by atoms with Crippen LogP contribution in [0, 0.1) is 0 Å². The minimum absolute atomic E-state index is 0.254. The van der Waals surface area contributed by atoms with E-state index < -0.39 is 0 Å². The third kappa shape index (κ3) is 3.06. The summed E-state index contributed by atoms with van der Waals surface area (Å²) in [5.41, 5.74) is 5.68. The van der Waals surface area contributed by atoms with E-state index in [0.29, 0.717) is 31.5 Å². The minimum atomic E-state index is -0.254. The Bertz CT molecular complexity index is 565. The van der Waals surface area contributed by atoms with E-state index in [4.69, 9.17) is 19.7 Å². The summed E-state index contributed by atoms with van der Waals surface area (Å²) in [5, 5.41) is 3.99. The maximum atomic E-state index is 5.93. The lowest BCUT2D eigenvalue weighted by Crippen LogP contribution is -2.40. The molecule has 3 rings (SSSR count). The number of para-hydroxylation sites is 1. The molecule has 2 aromatic rings. The molecule has 0 radical (unpaired) electrons. The zero-order valence-corrected chi connectivity index (χ0v) is 11.8. The molecule has 0 saturated carbocycles. The van der Waals surface area contributed by atoms with Gasteiger partial charge in [-0.2, -0.15) is 4.98 Å². The van der Waals surface area contributed by atoms with E-state index in [1.807, 2.05) is 30.3 Å². The number of hydrogen-bond donors (Lipinski definition) is 1. The van der Waals surface area contributed by atoms with Gasteiger partial charge in [-0.1, -0.05) is 23.4 Å². The molecule has 1 saturated heterocycles. The van der Waals surface area contributed by atoms with Crippen LogP contribution in [0.4, 0.5) is 0 Å². The SMILES string of the molecule is NCC1(c2nc(COc3ccccc3)no2)CCOCC1. The van der Waals surface area contributed by atoms with Crippen molar-refractivity contribution in [3.05, 3.63) is 42.0 Å². The quantitative estimate of drug-likeness (QED) is 0.901. The Labute approximate surface area is 123 Å². The average molecular weight is 289 g/mol. The fourth-order valence-corrected chi connectivity index (χ4v) is 2.46. The van der Waals surface area contributed by atoms with Crippen LogP contribution in [0.25, 0.3) is 0 Å². The van der Waals surface area contributed by atoms with E-state index in [1.165, 1.54) is 0 Å². The summed E-state index contributed by atoms with van der Waals surface area (Å²) in [4.78, 5) is 4.45. The summed E-state index contributed by atoms with van der Waals surface area (Å²) in [6.45, 7) is 2.12. The highest BCUT2D eigenvalue weighted by atomic mass is 16.5. The lowest BCUT2D eigenvalue weighted by molar-refractivity contribution is 0.0409. The van der Waals surface area contributed by atoms with Crippen molar-refractivity contribution < 1.29 is 14.0 Å². The van der Waals surface area contributed by atoms with Crippen LogP contribution in [-0.2, 0) is 16.8 Å². The van der Waals surface area contributed by atoms with E-state index in [1.54, 1.807) is 0 Å². The maximum Gasteiger partial charge on any atom is 0.234 e. The van der Waals surface area contributed by atoms with Gasteiger partial charge in [-0.25, -0.2) is 0 Å². The van der Waals surface area contributed by atoms with Crippen LogP contribution in [0.1, 0.15) is 24.6 Å². The maximum absolute atomic E-state index is 5.93. The summed E-state index contributed by atoms with van der Waals surface area (Å²) in [6.07, 6.45) is 1.62. The van der Waals surface area contributed by atoms with Crippen LogP contribution < -0.4 is 10.5 Å². The van der Waals surface area contributed by atoms with Crippen LogP contribution in [0.2, 0.25) is 0 Å². The number of hydrogen-bond acceptors (Lipinski definition) is 6. The van der Waals surface area contributed by atoms with Gasteiger partial charge in [0.25, 0.3) is 0 Å². The molecule has 2 N–H and O–H groups in total. The first-order valence-corrected chi connectivity index (χ1v) is 7.11. The Kier molecular flexibility index (Phi) is 4.17. The van der Waals surface area contributed by atoms with Gasteiger partial charge in [0.1, 0.15) is 5.75 Å². The lowest BCUT2D eigenvalue weighted by atomic mass is 9.80. The first kappa shape index (κ1) is 14.0. The van der Waals surface area contributed by atoms with E-state index in [2.05, 4.69) is 10.1 Å². The second kappa shape index (κ2) is 6.24. The van der Waals surface area contributed by atoms with Gasteiger partial charge in [0.05, 0.1) is 5.41 Å². The standard InChI is InChI=1S/C15H19N3O3/c16-11-15(6-8-19-9-7-15)14-17-13(18-21-14)10-20-12-4-2-1-3-5-12/h1-5H,6-11,16H2. The number of nitrogens with zero attached hydrogens (tertiary/aromatic N) is 2. The zero-order chi connectivity index (χ0) is 14.5. The molecule has 0 unspecified atom stereocenters. The fraction of sp³-hybridized carbons (Fsp3) is 0.467. The van der Waals surface area contributed by atoms with Crippen LogP contribution in [0.3, 0.4) is 0 Å². The molecule has 0 atom stereocenters. The molecule has 0 amide bonds. The topological polar surface area (TPSA) is 83.4 Å². The first-order valence-electron chi connectivity index (χ1n) is 7.11. The number of benzene rings is 1. The smallest absolute Gasteiger partial charge is 0.234 e. The summed E-state index contributed by atoms with van der Waals surface area (Å²) < 4.78 is 16.4. The van der Waals surface area contributed by atoms with Crippen molar-refractivity contribution in [1.29, 1.82) is 0 Å². The fourth-order valence-electron chi connectivity index (χ4n) is 2.46.